The maximum absolute atomic E-state index is 13.2. The topological polar surface area (TPSA) is 81.5 Å². The second kappa shape index (κ2) is 5.91. The number of nitro groups is 1. The van der Waals surface area contributed by atoms with Crippen LogP contribution in [0.1, 0.15) is 23.2 Å². The van der Waals surface area contributed by atoms with Crippen molar-refractivity contribution in [3.05, 3.63) is 39.4 Å². The van der Waals surface area contributed by atoms with Gasteiger partial charge in [0.25, 0.3) is 11.6 Å². The molecule has 1 saturated heterocycles. The van der Waals surface area contributed by atoms with Crippen LogP contribution in [-0.2, 0) is 4.74 Å². The van der Waals surface area contributed by atoms with Gasteiger partial charge in [0.2, 0.25) is 0 Å². The van der Waals surface area contributed by atoms with Crippen molar-refractivity contribution in [2.45, 2.75) is 18.9 Å². The van der Waals surface area contributed by atoms with E-state index in [0.717, 1.165) is 0 Å². The molecule has 20 heavy (non-hydrogen) atoms. The molecule has 0 spiro atoms. The van der Waals surface area contributed by atoms with E-state index in [1.165, 1.54) is 0 Å². The number of ether oxygens (including phenoxy) is 1. The van der Waals surface area contributed by atoms with Crippen LogP contribution in [0.15, 0.2) is 12.1 Å². The SMILES string of the molecule is O=C(NC1CCOCC1)c1cc(F)c(F)cc1[N+](=O)[O-]. The molecule has 1 amide bonds. The molecule has 6 nitrogen and oxygen atoms in total. The van der Waals surface area contributed by atoms with E-state index in [2.05, 4.69) is 5.32 Å². The van der Waals surface area contributed by atoms with Crippen LogP contribution in [0.4, 0.5) is 14.5 Å². The van der Waals surface area contributed by atoms with E-state index in [1.54, 1.807) is 0 Å². The van der Waals surface area contributed by atoms with Crippen molar-refractivity contribution in [3.8, 4) is 0 Å². The molecule has 8 heteroatoms. The van der Waals surface area contributed by atoms with E-state index >= 15 is 0 Å². The van der Waals surface area contributed by atoms with E-state index < -0.39 is 33.7 Å². The highest BCUT2D eigenvalue weighted by Gasteiger charge is 2.26. The van der Waals surface area contributed by atoms with E-state index in [0.29, 0.717) is 38.2 Å². The van der Waals surface area contributed by atoms with Crippen LogP contribution in [-0.4, -0.2) is 30.1 Å². The second-order valence-corrected chi connectivity index (χ2v) is 4.40. The standard InChI is InChI=1S/C12H12F2N2O4/c13-9-5-8(11(16(18)19)6-10(9)14)12(17)15-7-1-3-20-4-2-7/h5-7H,1-4H2,(H,15,17). The molecule has 0 radical (unpaired) electrons. The number of carbonyl (C=O) groups is 1. The van der Waals surface area contributed by atoms with Gasteiger partial charge in [-0.2, -0.15) is 0 Å². The third-order valence-corrected chi connectivity index (χ3v) is 3.04. The minimum Gasteiger partial charge on any atom is -0.381 e. The van der Waals surface area contributed by atoms with E-state index in [-0.39, 0.29) is 6.04 Å². The van der Waals surface area contributed by atoms with Crippen LogP contribution in [0.25, 0.3) is 0 Å². The summed E-state index contributed by atoms with van der Waals surface area (Å²) in [4.78, 5) is 21.8. The minimum absolute atomic E-state index is 0.191. The molecule has 1 aromatic rings. The lowest BCUT2D eigenvalue weighted by Gasteiger charge is -2.23. The van der Waals surface area contributed by atoms with Crippen molar-refractivity contribution in [2.24, 2.45) is 0 Å². The Morgan fingerprint density at radius 1 is 1.30 bits per heavy atom. The largest absolute Gasteiger partial charge is 0.381 e. The van der Waals surface area contributed by atoms with E-state index in [9.17, 15) is 23.7 Å². The first-order valence-electron chi connectivity index (χ1n) is 6.01. The monoisotopic (exact) mass is 286 g/mol. The number of benzene rings is 1. The zero-order valence-corrected chi connectivity index (χ0v) is 10.4. The van der Waals surface area contributed by atoms with Gasteiger partial charge in [-0.25, -0.2) is 8.78 Å². The fraction of sp³-hybridized carbons (Fsp3) is 0.417. The van der Waals surface area contributed by atoms with Crippen LogP contribution in [0.3, 0.4) is 0 Å². The number of nitrogens with zero attached hydrogens (tertiary/aromatic N) is 1. The van der Waals surface area contributed by atoms with Crippen molar-refractivity contribution in [2.75, 3.05) is 13.2 Å². The fourth-order valence-corrected chi connectivity index (χ4v) is 1.97. The molecule has 1 heterocycles. The Morgan fingerprint density at radius 3 is 2.50 bits per heavy atom. The predicted molar refractivity (Wildman–Crippen MR) is 64.3 cm³/mol. The van der Waals surface area contributed by atoms with Crippen LogP contribution in [0, 0.1) is 21.7 Å². The second-order valence-electron chi connectivity index (χ2n) is 4.40. The zero-order valence-electron chi connectivity index (χ0n) is 10.4. The molecule has 0 aromatic heterocycles. The Kier molecular flexibility index (Phi) is 4.23. The molecule has 0 atom stereocenters. The van der Waals surface area contributed by atoms with Gasteiger partial charge < -0.3 is 10.1 Å². The quantitative estimate of drug-likeness (QED) is 0.678. The van der Waals surface area contributed by atoms with Crippen molar-refractivity contribution in [3.63, 3.8) is 0 Å². The summed E-state index contributed by atoms with van der Waals surface area (Å²) in [5.41, 5.74) is -1.24. The molecule has 1 aromatic carbocycles. The third kappa shape index (κ3) is 3.08. The number of nitro benzene ring substituents is 1. The number of halogens is 2. The van der Waals surface area contributed by atoms with Crippen LogP contribution in [0.5, 0.6) is 0 Å². The maximum atomic E-state index is 13.2. The van der Waals surface area contributed by atoms with Crippen molar-refractivity contribution < 1.29 is 23.2 Å². The normalized spacial score (nSPS) is 15.9. The molecule has 1 aliphatic heterocycles. The molecule has 0 bridgehead atoms. The summed E-state index contributed by atoms with van der Waals surface area (Å²) >= 11 is 0. The van der Waals surface area contributed by atoms with Gasteiger partial charge in [0, 0.05) is 19.3 Å². The summed E-state index contributed by atoms with van der Waals surface area (Å²) in [5.74, 6) is -3.45. The maximum Gasteiger partial charge on any atom is 0.285 e. The van der Waals surface area contributed by atoms with Gasteiger partial charge >= 0.3 is 0 Å². The summed E-state index contributed by atoms with van der Waals surface area (Å²) in [5, 5.41) is 13.4. The van der Waals surface area contributed by atoms with Crippen molar-refractivity contribution >= 4 is 11.6 Å². The highest BCUT2D eigenvalue weighted by Crippen LogP contribution is 2.22. The highest BCUT2D eigenvalue weighted by atomic mass is 19.2. The molecular weight excluding hydrogens is 274 g/mol. The average Bonchev–Trinajstić information content (AvgIpc) is 2.42. The van der Waals surface area contributed by atoms with Crippen LogP contribution < -0.4 is 5.32 Å². The van der Waals surface area contributed by atoms with Gasteiger partial charge in [0.1, 0.15) is 5.56 Å². The zero-order chi connectivity index (χ0) is 14.7. The fourth-order valence-electron chi connectivity index (χ4n) is 1.97. The number of amides is 1. The lowest BCUT2D eigenvalue weighted by Crippen LogP contribution is -2.39. The lowest BCUT2D eigenvalue weighted by atomic mass is 10.1. The number of rotatable bonds is 3. The van der Waals surface area contributed by atoms with Gasteiger partial charge in [-0.05, 0) is 18.9 Å². The summed E-state index contributed by atoms with van der Waals surface area (Å²) in [6, 6.07) is 0.764. The van der Waals surface area contributed by atoms with E-state index in [4.69, 9.17) is 4.74 Å². The van der Waals surface area contributed by atoms with E-state index in [1.807, 2.05) is 0 Å². The first kappa shape index (κ1) is 14.3. The molecule has 0 unspecified atom stereocenters. The molecule has 2 rings (SSSR count). The third-order valence-electron chi connectivity index (χ3n) is 3.04. The first-order valence-corrected chi connectivity index (χ1v) is 6.01. The molecule has 108 valence electrons. The van der Waals surface area contributed by atoms with Crippen molar-refractivity contribution in [1.82, 2.24) is 5.32 Å². The lowest BCUT2D eigenvalue weighted by molar-refractivity contribution is -0.385. The Bertz CT molecular complexity index is 545. The number of hydrogen-bond donors (Lipinski definition) is 1. The molecular formula is C12H12F2N2O4. The Hall–Kier alpha value is -2.09. The van der Waals surface area contributed by atoms with Crippen LogP contribution >= 0.6 is 0 Å². The molecule has 1 fully saturated rings. The summed E-state index contributed by atoms with van der Waals surface area (Å²) in [6.07, 6.45) is 1.15. The first-order chi connectivity index (χ1) is 9.49. The molecule has 0 aliphatic carbocycles. The van der Waals surface area contributed by atoms with Crippen LogP contribution in [0.2, 0.25) is 0 Å². The Labute approximate surface area is 112 Å². The van der Waals surface area contributed by atoms with Gasteiger partial charge in [0.15, 0.2) is 11.6 Å². The number of nitrogens with one attached hydrogen (secondary N) is 1. The summed E-state index contributed by atoms with van der Waals surface area (Å²) < 4.78 is 31.3. The van der Waals surface area contributed by atoms with Gasteiger partial charge in [-0.1, -0.05) is 0 Å². The molecule has 1 N–H and O–H groups in total. The number of hydrogen-bond acceptors (Lipinski definition) is 4. The van der Waals surface area contributed by atoms with Gasteiger partial charge in [0.05, 0.1) is 11.0 Å². The minimum atomic E-state index is -1.36. The molecule has 1 aliphatic rings. The predicted octanol–water partition coefficient (Wildman–Crippen LogP) is 1.78. The summed E-state index contributed by atoms with van der Waals surface area (Å²) in [6.45, 7) is 0.954. The highest BCUT2D eigenvalue weighted by molar-refractivity contribution is 5.98. The smallest absolute Gasteiger partial charge is 0.285 e. The van der Waals surface area contributed by atoms with Gasteiger partial charge in [-0.15, -0.1) is 0 Å². The van der Waals surface area contributed by atoms with Gasteiger partial charge in [-0.3, -0.25) is 14.9 Å². The summed E-state index contributed by atoms with van der Waals surface area (Å²) in [7, 11) is 0. The Morgan fingerprint density at radius 2 is 1.90 bits per heavy atom. The van der Waals surface area contributed by atoms with Crippen molar-refractivity contribution in [1.29, 1.82) is 0 Å². The number of carbonyl (C=O) groups excluding carboxylic acids is 1. The molecule has 0 saturated carbocycles. The average molecular weight is 286 g/mol. The Balaban J connectivity index is 2.23.